The maximum absolute atomic E-state index is 12.5. The predicted molar refractivity (Wildman–Crippen MR) is 105 cm³/mol. The number of thioether (sulfide) groups is 1. The molecule has 1 aliphatic rings. The molecule has 0 radical (unpaired) electrons. The maximum Gasteiger partial charge on any atom is 0.230 e. The van der Waals surface area contributed by atoms with E-state index in [1.54, 1.807) is 6.33 Å². The van der Waals surface area contributed by atoms with E-state index in [-0.39, 0.29) is 11.9 Å². The molecule has 1 aromatic heterocycles. The van der Waals surface area contributed by atoms with Crippen LogP contribution in [0.2, 0.25) is 0 Å². The van der Waals surface area contributed by atoms with Crippen LogP contribution in [0, 0.1) is 5.92 Å². The summed E-state index contributed by atoms with van der Waals surface area (Å²) in [4.78, 5) is 12.5. The van der Waals surface area contributed by atoms with Crippen molar-refractivity contribution in [3.8, 4) is 0 Å². The van der Waals surface area contributed by atoms with Crippen LogP contribution < -0.4 is 5.32 Å². The van der Waals surface area contributed by atoms with Gasteiger partial charge in [0.05, 0.1) is 11.8 Å². The van der Waals surface area contributed by atoms with Gasteiger partial charge in [-0.3, -0.25) is 4.79 Å². The van der Waals surface area contributed by atoms with E-state index in [4.69, 9.17) is 0 Å². The molecular weight excluding hydrogens is 344 g/mol. The Bertz CT molecular complexity index is 735. The van der Waals surface area contributed by atoms with Crippen LogP contribution in [0.5, 0.6) is 0 Å². The fourth-order valence-electron chi connectivity index (χ4n) is 3.01. The number of hydrogen-bond donors (Lipinski definition) is 1. The van der Waals surface area contributed by atoms with Gasteiger partial charge in [0.15, 0.2) is 5.16 Å². The van der Waals surface area contributed by atoms with Gasteiger partial charge in [0.1, 0.15) is 6.33 Å². The van der Waals surface area contributed by atoms with E-state index in [0.29, 0.717) is 23.6 Å². The molecule has 1 unspecified atom stereocenters. The van der Waals surface area contributed by atoms with Gasteiger partial charge < -0.3 is 9.88 Å². The Morgan fingerprint density at radius 2 is 1.85 bits per heavy atom. The second-order valence-corrected chi connectivity index (χ2v) is 8.59. The van der Waals surface area contributed by atoms with Crippen LogP contribution in [0.1, 0.15) is 69.7 Å². The molecule has 1 aromatic carbocycles. The van der Waals surface area contributed by atoms with Gasteiger partial charge >= 0.3 is 0 Å². The van der Waals surface area contributed by atoms with Crippen molar-refractivity contribution in [2.75, 3.05) is 5.75 Å². The van der Waals surface area contributed by atoms with E-state index in [9.17, 15) is 4.79 Å². The molecule has 1 heterocycles. The highest BCUT2D eigenvalue weighted by atomic mass is 32.2. The van der Waals surface area contributed by atoms with Crippen LogP contribution in [0.15, 0.2) is 35.7 Å². The molecule has 1 fully saturated rings. The maximum atomic E-state index is 12.5. The molecule has 1 aliphatic carbocycles. The minimum atomic E-state index is 0.0191. The molecule has 26 heavy (non-hydrogen) atoms. The van der Waals surface area contributed by atoms with Crippen LogP contribution in [0.25, 0.3) is 0 Å². The Hall–Kier alpha value is -1.82. The highest BCUT2D eigenvalue weighted by Gasteiger charge is 2.26. The number of nitrogens with one attached hydrogen (secondary N) is 1. The third-order valence-electron chi connectivity index (χ3n) is 4.76. The summed E-state index contributed by atoms with van der Waals surface area (Å²) < 4.78 is 2.09. The molecule has 0 bridgehead atoms. The summed E-state index contributed by atoms with van der Waals surface area (Å²) in [5.41, 5.74) is 2.47. The van der Waals surface area contributed by atoms with Crippen molar-refractivity contribution < 1.29 is 4.79 Å². The van der Waals surface area contributed by atoms with Gasteiger partial charge in [-0.15, -0.1) is 10.2 Å². The lowest BCUT2D eigenvalue weighted by Crippen LogP contribution is -2.33. The van der Waals surface area contributed by atoms with Crippen LogP contribution in [-0.2, 0) is 4.79 Å². The second kappa shape index (κ2) is 8.25. The van der Waals surface area contributed by atoms with E-state index in [0.717, 1.165) is 10.7 Å². The Balaban J connectivity index is 1.60. The van der Waals surface area contributed by atoms with Gasteiger partial charge in [0.25, 0.3) is 0 Å². The lowest BCUT2D eigenvalue weighted by molar-refractivity contribution is -0.119. The standard InChI is InChI=1S/C20H28N4OS/c1-13(2)15-5-7-16(8-6-15)19(14(3)4)22-18(25)11-26-20-23-21-12-24(20)17-9-10-17/h5-8,12-14,17,19H,9-11H2,1-4H3,(H,22,25). The largest absolute Gasteiger partial charge is 0.348 e. The molecule has 6 heteroatoms. The van der Waals surface area contributed by atoms with Crippen LogP contribution in [-0.4, -0.2) is 26.4 Å². The summed E-state index contributed by atoms with van der Waals surface area (Å²) in [7, 11) is 0. The van der Waals surface area contributed by atoms with Gasteiger partial charge in [-0.2, -0.15) is 0 Å². The van der Waals surface area contributed by atoms with Crippen molar-refractivity contribution in [2.45, 2.75) is 63.7 Å². The van der Waals surface area contributed by atoms with Gasteiger partial charge in [-0.1, -0.05) is 63.7 Å². The summed E-state index contributed by atoms with van der Waals surface area (Å²) in [5, 5.41) is 12.2. The summed E-state index contributed by atoms with van der Waals surface area (Å²) in [6.45, 7) is 8.65. The monoisotopic (exact) mass is 372 g/mol. The van der Waals surface area contributed by atoms with Gasteiger partial charge in [-0.05, 0) is 35.8 Å². The molecule has 2 aromatic rings. The van der Waals surface area contributed by atoms with E-state index >= 15 is 0 Å². The normalized spacial score (nSPS) is 15.5. The third kappa shape index (κ3) is 4.67. The minimum Gasteiger partial charge on any atom is -0.348 e. The molecule has 1 saturated carbocycles. The second-order valence-electron chi connectivity index (χ2n) is 7.65. The molecular formula is C20H28N4OS. The number of hydrogen-bond acceptors (Lipinski definition) is 4. The zero-order valence-electron chi connectivity index (χ0n) is 16.0. The Labute approximate surface area is 160 Å². The van der Waals surface area contributed by atoms with Crippen molar-refractivity contribution in [3.63, 3.8) is 0 Å². The summed E-state index contributed by atoms with van der Waals surface area (Å²) in [5.74, 6) is 1.23. The molecule has 3 rings (SSSR count). The van der Waals surface area contributed by atoms with Gasteiger partial charge in [0, 0.05) is 6.04 Å². The van der Waals surface area contributed by atoms with Crippen LogP contribution in [0.4, 0.5) is 0 Å². The van der Waals surface area contributed by atoms with Crippen molar-refractivity contribution in [1.29, 1.82) is 0 Å². The molecule has 5 nitrogen and oxygen atoms in total. The minimum absolute atomic E-state index is 0.0191. The molecule has 0 aliphatic heterocycles. The Morgan fingerprint density at radius 1 is 1.19 bits per heavy atom. The number of amides is 1. The number of carbonyl (C=O) groups excluding carboxylic acids is 1. The molecule has 1 atom stereocenters. The molecule has 140 valence electrons. The van der Waals surface area contributed by atoms with Crippen LogP contribution in [0.3, 0.4) is 0 Å². The summed E-state index contributed by atoms with van der Waals surface area (Å²) in [6, 6.07) is 9.14. The lowest BCUT2D eigenvalue weighted by Gasteiger charge is -2.23. The van der Waals surface area contributed by atoms with Gasteiger partial charge in [0.2, 0.25) is 5.91 Å². The first-order valence-electron chi connectivity index (χ1n) is 9.37. The van der Waals surface area contributed by atoms with E-state index < -0.39 is 0 Å². The fraction of sp³-hybridized carbons (Fsp3) is 0.550. The predicted octanol–water partition coefficient (Wildman–Crippen LogP) is 4.34. The number of benzene rings is 1. The first-order valence-corrected chi connectivity index (χ1v) is 10.4. The fourth-order valence-corrected chi connectivity index (χ4v) is 3.80. The third-order valence-corrected chi connectivity index (χ3v) is 5.72. The highest BCUT2D eigenvalue weighted by molar-refractivity contribution is 7.99. The molecule has 0 saturated heterocycles. The zero-order chi connectivity index (χ0) is 18.7. The SMILES string of the molecule is CC(C)c1ccc(C(NC(=O)CSc2nncn2C2CC2)C(C)C)cc1. The average molecular weight is 373 g/mol. The van der Waals surface area contributed by atoms with Gasteiger partial charge in [-0.25, -0.2) is 0 Å². The molecule has 1 amide bonds. The first kappa shape index (κ1) is 19.0. The Morgan fingerprint density at radius 3 is 2.42 bits per heavy atom. The van der Waals surface area contributed by atoms with E-state index in [2.05, 4.69) is 72.0 Å². The first-order chi connectivity index (χ1) is 12.5. The lowest BCUT2D eigenvalue weighted by atomic mass is 9.93. The van der Waals surface area contributed by atoms with E-state index in [1.165, 1.54) is 30.2 Å². The van der Waals surface area contributed by atoms with Crippen LogP contribution >= 0.6 is 11.8 Å². The summed E-state index contributed by atoms with van der Waals surface area (Å²) >= 11 is 1.46. The van der Waals surface area contributed by atoms with E-state index in [1.807, 2.05) is 0 Å². The van der Waals surface area contributed by atoms with Crippen molar-refractivity contribution >= 4 is 17.7 Å². The molecule has 1 N–H and O–H groups in total. The van der Waals surface area contributed by atoms with Crippen molar-refractivity contribution in [1.82, 2.24) is 20.1 Å². The van der Waals surface area contributed by atoms with Crippen molar-refractivity contribution in [3.05, 3.63) is 41.7 Å². The zero-order valence-corrected chi connectivity index (χ0v) is 16.8. The topological polar surface area (TPSA) is 59.8 Å². The molecule has 0 spiro atoms. The number of carbonyl (C=O) groups is 1. The van der Waals surface area contributed by atoms with Crippen molar-refractivity contribution in [2.24, 2.45) is 5.92 Å². The number of aromatic nitrogens is 3. The average Bonchev–Trinajstić information content (AvgIpc) is 3.35. The Kier molecular flexibility index (Phi) is 6.01. The summed E-state index contributed by atoms with van der Waals surface area (Å²) in [6.07, 6.45) is 4.13. The smallest absolute Gasteiger partial charge is 0.230 e. The number of rotatable bonds is 8. The number of nitrogens with zero attached hydrogens (tertiary/aromatic N) is 3. The quantitative estimate of drug-likeness (QED) is 0.700. The highest BCUT2D eigenvalue weighted by Crippen LogP contribution is 2.37.